The molecule has 0 atom stereocenters. The van der Waals surface area contributed by atoms with Crippen molar-refractivity contribution in [3.63, 3.8) is 0 Å². The third kappa shape index (κ3) is 2.91. The average molecular weight is 394 g/mol. The molecule has 0 spiro atoms. The predicted octanol–water partition coefficient (Wildman–Crippen LogP) is 3.54. The van der Waals surface area contributed by atoms with Gasteiger partial charge in [-0.2, -0.15) is 10.2 Å². The Balaban J connectivity index is 1.54. The molecule has 0 saturated heterocycles. The number of nitrogens with one attached hydrogen (secondary N) is 2. The van der Waals surface area contributed by atoms with Crippen LogP contribution in [0.4, 0.5) is 5.69 Å². The zero-order valence-corrected chi connectivity index (χ0v) is 15.7. The number of aromatic amines is 1. The lowest BCUT2D eigenvalue weighted by Crippen LogP contribution is -2.13. The topological polar surface area (TPSA) is 101 Å². The first kappa shape index (κ1) is 16.9. The summed E-state index contributed by atoms with van der Waals surface area (Å²) in [5, 5.41) is 15.0. The van der Waals surface area contributed by atoms with Crippen LogP contribution in [-0.4, -0.2) is 35.9 Å². The minimum absolute atomic E-state index is 0.209. The number of carbonyl (C=O) groups excluding carboxylic acids is 1. The lowest BCUT2D eigenvalue weighted by Gasteiger charge is -2.10. The van der Waals surface area contributed by atoms with E-state index in [0.29, 0.717) is 33.4 Å². The first-order chi connectivity index (χ1) is 13.6. The third-order valence-electron chi connectivity index (χ3n) is 4.80. The number of anilines is 1. The van der Waals surface area contributed by atoms with Crippen molar-refractivity contribution in [1.29, 1.82) is 0 Å². The van der Waals surface area contributed by atoms with Gasteiger partial charge in [0.2, 0.25) is 0 Å². The molecule has 1 aliphatic rings. The van der Waals surface area contributed by atoms with Crippen molar-refractivity contribution in [3.05, 3.63) is 53.2 Å². The van der Waals surface area contributed by atoms with E-state index < -0.39 is 0 Å². The highest BCUT2D eigenvalue weighted by molar-refractivity contribution is 6.31. The van der Waals surface area contributed by atoms with Crippen LogP contribution in [0.1, 0.15) is 34.8 Å². The summed E-state index contributed by atoms with van der Waals surface area (Å²) in [6, 6.07) is 5.85. The minimum atomic E-state index is -0.366. The van der Waals surface area contributed by atoms with E-state index in [1.54, 1.807) is 17.1 Å². The van der Waals surface area contributed by atoms with Crippen LogP contribution >= 0.6 is 11.6 Å². The molecule has 140 valence electrons. The third-order valence-corrected chi connectivity index (χ3v) is 5.04. The van der Waals surface area contributed by atoms with Gasteiger partial charge >= 0.3 is 0 Å². The lowest BCUT2D eigenvalue weighted by molar-refractivity contribution is 0.102. The zero-order valence-electron chi connectivity index (χ0n) is 15.0. The summed E-state index contributed by atoms with van der Waals surface area (Å²) in [4.78, 5) is 20.9. The van der Waals surface area contributed by atoms with Crippen molar-refractivity contribution >= 4 is 34.2 Å². The number of nitrogens with zero attached hydrogens (tertiary/aromatic N) is 5. The summed E-state index contributed by atoms with van der Waals surface area (Å²) in [5.41, 5.74) is 4.72. The Bertz CT molecular complexity index is 1210. The molecule has 0 unspecified atom stereocenters. The fraction of sp³-hybridized carbons (Fsp3) is 0.211. The first-order valence-corrected chi connectivity index (χ1v) is 9.27. The monoisotopic (exact) mass is 393 g/mol. The van der Waals surface area contributed by atoms with Crippen molar-refractivity contribution in [2.45, 2.75) is 18.8 Å². The summed E-state index contributed by atoms with van der Waals surface area (Å²) in [7, 11) is 1.82. The van der Waals surface area contributed by atoms with Crippen LogP contribution in [0.15, 0.2) is 36.9 Å². The van der Waals surface area contributed by atoms with E-state index in [4.69, 9.17) is 11.6 Å². The number of fused-ring (bicyclic) bond motifs is 1. The van der Waals surface area contributed by atoms with E-state index >= 15 is 0 Å². The molecule has 8 nitrogen and oxygen atoms in total. The quantitative estimate of drug-likeness (QED) is 0.552. The van der Waals surface area contributed by atoms with Gasteiger partial charge in [0.15, 0.2) is 5.69 Å². The number of hydrogen-bond acceptors (Lipinski definition) is 5. The highest BCUT2D eigenvalue weighted by Crippen LogP contribution is 2.46. The van der Waals surface area contributed by atoms with Gasteiger partial charge in [-0.15, -0.1) is 0 Å². The molecule has 3 heterocycles. The second kappa shape index (κ2) is 6.42. The van der Waals surface area contributed by atoms with Crippen LogP contribution < -0.4 is 5.32 Å². The Hall–Kier alpha value is -3.26. The summed E-state index contributed by atoms with van der Waals surface area (Å²) in [6.07, 6.45) is 7.05. The number of amides is 1. The number of hydrogen-bond donors (Lipinski definition) is 2. The van der Waals surface area contributed by atoms with Gasteiger partial charge in [0.1, 0.15) is 23.1 Å². The standard InChI is InChI=1S/C19H16ClN7O/c1-27-8-15(23-19(28)18-17-14(24-25-18)7-21-9-22-17)16(26-27)13-6-11(20)4-5-12(13)10-2-3-10/h4-10H,2-3H2,1H3,(H,23,28)(H,24,25). The molecule has 0 aliphatic heterocycles. The van der Waals surface area contributed by atoms with Gasteiger partial charge in [0.25, 0.3) is 5.91 Å². The smallest absolute Gasteiger partial charge is 0.278 e. The van der Waals surface area contributed by atoms with E-state index in [9.17, 15) is 4.79 Å². The van der Waals surface area contributed by atoms with Crippen LogP contribution in [0.5, 0.6) is 0 Å². The van der Waals surface area contributed by atoms with E-state index in [-0.39, 0.29) is 11.6 Å². The van der Waals surface area contributed by atoms with E-state index in [0.717, 1.165) is 18.4 Å². The number of halogens is 1. The number of aromatic nitrogens is 6. The van der Waals surface area contributed by atoms with E-state index in [1.807, 2.05) is 25.2 Å². The Kier molecular flexibility index (Phi) is 3.87. The molecular formula is C19H16ClN7O. The Morgan fingerprint density at radius 1 is 1.36 bits per heavy atom. The molecule has 1 aromatic carbocycles. The maximum atomic E-state index is 12.9. The maximum Gasteiger partial charge on any atom is 0.278 e. The average Bonchev–Trinajstić information content (AvgIpc) is 3.33. The highest BCUT2D eigenvalue weighted by Gasteiger charge is 2.28. The Morgan fingerprint density at radius 2 is 2.21 bits per heavy atom. The minimum Gasteiger partial charge on any atom is -0.317 e. The predicted molar refractivity (Wildman–Crippen MR) is 105 cm³/mol. The number of H-pyrrole nitrogens is 1. The van der Waals surface area contributed by atoms with Crippen molar-refractivity contribution in [3.8, 4) is 11.3 Å². The largest absolute Gasteiger partial charge is 0.317 e. The molecule has 1 saturated carbocycles. The van der Waals surface area contributed by atoms with Gasteiger partial charge in [0.05, 0.1) is 11.9 Å². The molecule has 9 heteroatoms. The second-order valence-corrected chi connectivity index (χ2v) is 7.32. The van der Waals surface area contributed by atoms with Crippen LogP contribution in [-0.2, 0) is 7.05 Å². The lowest BCUT2D eigenvalue weighted by atomic mass is 10.00. The van der Waals surface area contributed by atoms with Crippen LogP contribution in [0.2, 0.25) is 5.02 Å². The normalized spacial score (nSPS) is 13.8. The van der Waals surface area contributed by atoms with Crippen LogP contribution in [0, 0.1) is 0 Å². The molecule has 28 heavy (non-hydrogen) atoms. The fourth-order valence-electron chi connectivity index (χ4n) is 3.37. The van der Waals surface area contributed by atoms with Gasteiger partial charge in [-0.1, -0.05) is 17.7 Å². The maximum absolute atomic E-state index is 12.9. The molecule has 1 aliphatic carbocycles. The zero-order chi connectivity index (χ0) is 19.3. The van der Waals surface area contributed by atoms with Crippen molar-refractivity contribution in [2.24, 2.45) is 7.05 Å². The van der Waals surface area contributed by atoms with E-state index in [2.05, 4.69) is 30.6 Å². The molecule has 3 aromatic heterocycles. The van der Waals surface area contributed by atoms with Gasteiger partial charge in [0, 0.05) is 23.8 Å². The Morgan fingerprint density at radius 3 is 3.04 bits per heavy atom. The number of rotatable bonds is 4. The number of aryl methyl sites for hydroxylation is 1. The van der Waals surface area contributed by atoms with Crippen LogP contribution in [0.25, 0.3) is 22.3 Å². The van der Waals surface area contributed by atoms with Gasteiger partial charge in [-0.05, 0) is 36.5 Å². The summed E-state index contributed by atoms with van der Waals surface area (Å²) in [5.74, 6) is 0.152. The van der Waals surface area contributed by atoms with Crippen LogP contribution in [0.3, 0.4) is 0 Å². The summed E-state index contributed by atoms with van der Waals surface area (Å²) >= 11 is 6.25. The summed E-state index contributed by atoms with van der Waals surface area (Å²) in [6.45, 7) is 0. The summed E-state index contributed by atoms with van der Waals surface area (Å²) < 4.78 is 1.67. The highest BCUT2D eigenvalue weighted by atomic mass is 35.5. The molecule has 1 amide bonds. The molecular weight excluding hydrogens is 378 g/mol. The van der Waals surface area contributed by atoms with Gasteiger partial charge in [-0.3, -0.25) is 14.6 Å². The van der Waals surface area contributed by atoms with Crippen molar-refractivity contribution in [1.82, 2.24) is 29.9 Å². The van der Waals surface area contributed by atoms with E-state index in [1.165, 1.54) is 11.9 Å². The molecule has 2 N–H and O–H groups in total. The number of benzene rings is 1. The van der Waals surface area contributed by atoms with Crippen molar-refractivity contribution in [2.75, 3.05) is 5.32 Å². The first-order valence-electron chi connectivity index (χ1n) is 8.89. The molecule has 4 aromatic rings. The fourth-order valence-corrected chi connectivity index (χ4v) is 3.54. The van der Waals surface area contributed by atoms with Gasteiger partial charge < -0.3 is 5.32 Å². The molecule has 1 fully saturated rings. The molecule has 5 rings (SSSR count). The van der Waals surface area contributed by atoms with Crippen molar-refractivity contribution < 1.29 is 4.79 Å². The molecule has 0 bridgehead atoms. The molecule has 0 radical (unpaired) electrons. The second-order valence-electron chi connectivity index (χ2n) is 6.88. The number of carbonyl (C=O) groups is 1. The Labute approximate surface area is 165 Å². The SMILES string of the molecule is Cn1cc(NC(=O)c2n[nH]c3cncnc23)c(-c2cc(Cl)ccc2C2CC2)n1. The van der Waals surface area contributed by atoms with Gasteiger partial charge in [-0.25, -0.2) is 9.97 Å².